The average molecular weight is 435 g/mol. The molecule has 31 heavy (non-hydrogen) atoms. The summed E-state index contributed by atoms with van der Waals surface area (Å²) >= 11 is 1.70. The van der Waals surface area contributed by atoms with Crippen molar-refractivity contribution in [3.8, 4) is 0 Å². The smallest absolute Gasteiger partial charge is 0.337 e. The van der Waals surface area contributed by atoms with Crippen LogP contribution >= 0.6 is 11.3 Å². The Hall–Kier alpha value is -2.90. The lowest BCUT2D eigenvalue weighted by molar-refractivity contribution is 0.0601. The number of hydrogen-bond donors (Lipinski definition) is 3. The number of methoxy groups -OCH3 is 1. The Bertz CT molecular complexity index is 1220. The van der Waals surface area contributed by atoms with Gasteiger partial charge in [0.25, 0.3) is 0 Å². The van der Waals surface area contributed by atoms with E-state index in [2.05, 4.69) is 33.2 Å². The molecule has 5 rings (SSSR count). The summed E-state index contributed by atoms with van der Waals surface area (Å²) < 4.78 is 4.88. The first-order chi connectivity index (χ1) is 15.1. The normalized spacial score (nSPS) is 19.0. The van der Waals surface area contributed by atoms with Crippen LogP contribution in [0.1, 0.15) is 47.3 Å². The number of aromatic amines is 1. The summed E-state index contributed by atoms with van der Waals surface area (Å²) in [5.41, 5.74) is 10.8. The fourth-order valence-electron chi connectivity index (χ4n) is 4.48. The number of H-pyrrole nitrogens is 1. The zero-order valence-electron chi connectivity index (χ0n) is 17.5. The predicted molar refractivity (Wildman–Crippen MR) is 126 cm³/mol. The summed E-state index contributed by atoms with van der Waals surface area (Å²) in [5, 5.41) is 10.1. The van der Waals surface area contributed by atoms with Crippen molar-refractivity contribution >= 4 is 44.9 Å². The van der Waals surface area contributed by atoms with Gasteiger partial charge in [-0.15, -0.1) is 0 Å². The Labute approximate surface area is 184 Å². The van der Waals surface area contributed by atoms with Gasteiger partial charge in [0, 0.05) is 40.5 Å². The molecule has 1 fully saturated rings. The summed E-state index contributed by atoms with van der Waals surface area (Å²) in [4.78, 5) is 20.5. The number of ether oxygens (including phenoxy) is 1. The minimum Gasteiger partial charge on any atom is -0.465 e. The summed E-state index contributed by atoms with van der Waals surface area (Å²) in [6.07, 6.45) is 4.95. The molecule has 1 aliphatic carbocycles. The van der Waals surface area contributed by atoms with Crippen molar-refractivity contribution in [3.63, 3.8) is 0 Å². The molecule has 3 aromatic heterocycles. The molecule has 7 heteroatoms. The molecule has 0 bridgehead atoms. The monoisotopic (exact) mass is 434 g/mol. The van der Waals surface area contributed by atoms with E-state index in [0.29, 0.717) is 17.6 Å². The van der Waals surface area contributed by atoms with E-state index in [9.17, 15) is 4.79 Å². The van der Waals surface area contributed by atoms with Crippen molar-refractivity contribution in [2.45, 2.75) is 44.2 Å². The fourth-order valence-corrected chi connectivity index (χ4v) is 5.15. The minimum atomic E-state index is -0.339. The maximum atomic E-state index is 12.0. The van der Waals surface area contributed by atoms with Gasteiger partial charge in [-0.3, -0.25) is 0 Å². The topological polar surface area (TPSA) is 93.0 Å². The second-order valence-electron chi connectivity index (χ2n) is 8.33. The molecule has 4 aromatic rings. The quantitative estimate of drug-likeness (QED) is 0.391. The van der Waals surface area contributed by atoms with Gasteiger partial charge in [0.05, 0.1) is 18.2 Å². The molecule has 1 aliphatic rings. The van der Waals surface area contributed by atoms with Crippen molar-refractivity contribution in [2.24, 2.45) is 5.73 Å². The molecule has 0 atom stereocenters. The molecule has 6 nitrogen and oxygen atoms in total. The van der Waals surface area contributed by atoms with Crippen LogP contribution in [0.3, 0.4) is 0 Å². The standard InChI is InChI=1S/C24H26N4O2S/c1-30-24(29)15-2-7-19-20(11-15)28-21-12-18(10-14-8-9-31-13-14)27-23(22(19)21)26-17-5-3-16(25)4-6-17/h2,7-9,11-13,16-17,28H,3-6,10,25H2,1H3,(H,26,27). The average Bonchev–Trinajstić information content (AvgIpc) is 3.41. The molecule has 160 valence electrons. The SMILES string of the molecule is COC(=O)c1ccc2c(c1)[nH]c1cc(Cc3ccsc3)nc(NC3CCC(N)CC3)c12. The zero-order chi connectivity index (χ0) is 21.4. The van der Waals surface area contributed by atoms with Gasteiger partial charge in [-0.25, -0.2) is 9.78 Å². The van der Waals surface area contributed by atoms with Gasteiger partial charge < -0.3 is 20.8 Å². The number of thiophene rings is 1. The lowest BCUT2D eigenvalue weighted by Crippen LogP contribution is -2.33. The summed E-state index contributed by atoms with van der Waals surface area (Å²) in [6, 6.07) is 10.6. The second kappa shape index (κ2) is 8.32. The molecular formula is C24H26N4O2S. The molecule has 3 heterocycles. The predicted octanol–water partition coefficient (Wildman–Crippen LogP) is 4.84. The fraction of sp³-hybridized carbons (Fsp3) is 0.333. The first kappa shape index (κ1) is 20.0. The molecular weight excluding hydrogens is 408 g/mol. The third-order valence-electron chi connectivity index (χ3n) is 6.13. The van der Waals surface area contributed by atoms with Crippen LogP contribution in [0, 0.1) is 0 Å². The number of nitrogens with zero attached hydrogens (tertiary/aromatic N) is 1. The lowest BCUT2D eigenvalue weighted by Gasteiger charge is -2.27. The van der Waals surface area contributed by atoms with Crippen molar-refractivity contribution in [3.05, 3.63) is 57.9 Å². The van der Waals surface area contributed by atoms with Crippen molar-refractivity contribution < 1.29 is 9.53 Å². The lowest BCUT2D eigenvalue weighted by atomic mass is 9.92. The largest absolute Gasteiger partial charge is 0.465 e. The number of anilines is 1. The molecule has 0 amide bonds. The molecule has 0 spiro atoms. The van der Waals surface area contributed by atoms with E-state index in [1.165, 1.54) is 12.7 Å². The maximum absolute atomic E-state index is 12.0. The van der Waals surface area contributed by atoms with Crippen molar-refractivity contribution in [2.75, 3.05) is 12.4 Å². The second-order valence-corrected chi connectivity index (χ2v) is 9.11. The number of hydrogen-bond acceptors (Lipinski definition) is 6. The van der Waals surface area contributed by atoms with Gasteiger partial charge in [-0.05, 0) is 66.3 Å². The van der Waals surface area contributed by atoms with Crippen LogP contribution in [0.5, 0.6) is 0 Å². The molecule has 0 unspecified atom stereocenters. The van der Waals surface area contributed by atoms with Crippen LogP contribution in [-0.4, -0.2) is 35.1 Å². The van der Waals surface area contributed by atoms with E-state index in [4.69, 9.17) is 15.5 Å². The van der Waals surface area contributed by atoms with Gasteiger partial charge in [0.2, 0.25) is 0 Å². The van der Waals surface area contributed by atoms with E-state index in [1.54, 1.807) is 11.3 Å². The zero-order valence-corrected chi connectivity index (χ0v) is 18.3. The van der Waals surface area contributed by atoms with E-state index in [-0.39, 0.29) is 5.97 Å². The third-order valence-corrected chi connectivity index (χ3v) is 6.86. The van der Waals surface area contributed by atoms with Crippen LogP contribution in [0.15, 0.2) is 41.1 Å². The number of carbonyl (C=O) groups is 1. The highest BCUT2D eigenvalue weighted by atomic mass is 32.1. The number of carbonyl (C=O) groups excluding carboxylic acids is 1. The number of pyridine rings is 1. The molecule has 4 N–H and O–H groups in total. The Kier molecular flexibility index (Phi) is 5.38. The Morgan fingerprint density at radius 2 is 2.06 bits per heavy atom. The van der Waals surface area contributed by atoms with Crippen LogP contribution in [-0.2, 0) is 11.2 Å². The third kappa shape index (κ3) is 4.03. The molecule has 1 aromatic carbocycles. The Balaban J connectivity index is 1.60. The summed E-state index contributed by atoms with van der Waals surface area (Å²) in [6.45, 7) is 0. The number of esters is 1. The Morgan fingerprint density at radius 3 is 2.81 bits per heavy atom. The van der Waals surface area contributed by atoms with E-state index in [0.717, 1.165) is 65.4 Å². The van der Waals surface area contributed by atoms with Crippen LogP contribution in [0.4, 0.5) is 5.82 Å². The molecule has 1 saturated carbocycles. The number of nitrogens with two attached hydrogens (primary N) is 1. The summed E-state index contributed by atoms with van der Waals surface area (Å²) in [7, 11) is 1.40. The first-order valence-corrected chi connectivity index (χ1v) is 11.6. The van der Waals surface area contributed by atoms with E-state index in [1.807, 2.05) is 18.2 Å². The van der Waals surface area contributed by atoms with Crippen LogP contribution in [0.25, 0.3) is 21.8 Å². The van der Waals surface area contributed by atoms with Crippen LogP contribution in [0.2, 0.25) is 0 Å². The first-order valence-electron chi connectivity index (χ1n) is 10.7. The highest BCUT2D eigenvalue weighted by Crippen LogP contribution is 2.34. The van der Waals surface area contributed by atoms with E-state index >= 15 is 0 Å². The number of benzene rings is 1. The van der Waals surface area contributed by atoms with Gasteiger partial charge in [-0.1, -0.05) is 6.07 Å². The van der Waals surface area contributed by atoms with Crippen molar-refractivity contribution in [1.82, 2.24) is 9.97 Å². The molecule has 0 aliphatic heterocycles. The highest BCUT2D eigenvalue weighted by molar-refractivity contribution is 7.07. The van der Waals surface area contributed by atoms with Crippen molar-refractivity contribution in [1.29, 1.82) is 0 Å². The van der Waals surface area contributed by atoms with E-state index < -0.39 is 0 Å². The van der Waals surface area contributed by atoms with Gasteiger partial charge in [-0.2, -0.15) is 11.3 Å². The number of nitrogens with one attached hydrogen (secondary N) is 2. The number of rotatable bonds is 5. The number of aromatic nitrogens is 2. The molecule has 0 saturated heterocycles. The van der Waals surface area contributed by atoms with Crippen LogP contribution < -0.4 is 11.1 Å². The highest BCUT2D eigenvalue weighted by Gasteiger charge is 2.21. The number of fused-ring (bicyclic) bond motifs is 3. The summed E-state index contributed by atoms with van der Waals surface area (Å²) in [5.74, 6) is 0.564. The minimum absolute atomic E-state index is 0.306. The van der Waals surface area contributed by atoms with Gasteiger partial charge in [0.1, 0.15) is 5.82 Å². The maximum Gasteiger partial charge on any atom is 0.337 e. The Morgan fingerprint density at radius 1 is 1.23 bits per heavy atom. The van der Waals surface area contributed by atoms with Gasteiger partial charge in [0.15, 0.2) is 0 Å². The van der Waals surface area contributed by atoms with Gasteiger partial charge >= 0.3 is 5.97 Å². The molecule has 0 radical (unpaired) electrons.